The lowest BCUT2D eigenvalue weighted by molar-refractivity contribution is 0.279. The van der Waals surface area contributed by atoms with Gasteiger partial charge in [0.1, 0.15) is 0 Å². The quantitative estimate of drug-likeness (QED) is 0.658. The molecular formula is C21H27N5. The van der Waals surface area contributed by atoms with Crippen LogP contribution in [-0.4, -0.2) is 36.0 Å². The normalized spacial score (nSPS) is 23.2. The molecule has 1 aliphatic carbocycles. The van der Waals surface area contributed by atoms with Crippen molar-refractivity contribution in [1.82, 2.24) is 9.88 Å². The first-order valence-corrected chi connectivity index (χ1v) is 9.49. The number of aliphatic imine (C=N–C) groups is 1. The molecule has 5 nitrogen and oxygen atoms in total. The highest BCUT2D eigenvalue weighted by Crippen LogP contribution is 2.35. The van der Waals surface area contributed by atoms with Crippen molar-refractivity contribution < 1.29 is 0 Å². The Morgan fingerprint density at radius 1 is 1.31 bits per heavy atom. The van der Waals surface area contributed by atoms with E-state index in [1.54, 1.807) is 0 Å². The second-order valence-electron chi connectivity index (χ2n) is 7.45. The zero-order valence-electron chi connectivity index (χ0n) is 15.4. The Hall–Kier alpha value is -2.40. The molecule has 2 aromatic rings. The molecule has 2 heterocycles. The lowest BCUT2D eigenvalue weighted by Gasteiger charge is -2.24. The van der Waals surface area contributed by atoms with Crippen LogP contribution >= 0.6 is 0 Å². The maximum absolute atomic E-state index is 6.16. The van der Waals surface area contributed by atoms with Crippen molar-refractivity contribution in [3.63, 3.8) is 0 Å². The number of likely N-dealkylation sites (tertiary alicyclic amines) is 1. The maximum Gasteiger partial charge on any atom is 0.193 e. The molecule has 0 spiro atoms. The Labute approximate surface area is 155 Å². The number of nitrogens with two attached hydrogens (primary N) is 1. The van der Waals surface area contributed by atoms with E-state index in [1.807, 2.05) is 18.5 Å². The standard InChI is InChI=1S/C21H27N5/c1-26-11-9-18(20(26)17-6-3-10-23-13-17)14-24-21(22)25-19-8-7-15-4-2-5-16(15)12-19/h3,6-8,10,12-13,18,20H,2,4-5,9,11,14H2,1H3,(H3,22,24,25)/t18-,20-/m0/s1. The highest BCUT2D eigenvalue weighted by atomic mass is 15.2. The number of guanidine groups is 1. The Balaban J connectivity index is 1.41. The van der Waals surface area contributed by atoms with Gasteiger partial charge in [-0.2, -0.15) is 0 Å². The number of fused-ring (bicyclic) bond motifs is 1. The Morgan fingerprint density at radius 3 is 3.04 bits per heavy atom. The van der Waals surface area contributed by atoms with Crippen molar-refractivity contribution in [2.75, 3.05) is 25.5 Å². The first-order chi connectivity index (χ1) is 12.7. The van der Waals surface area contributed by atoms with Crippen LogP contribution in [0.3, 0.4) is 0 Å². The number of benzene rings is 1. The number of anilines is 1. The molecule has 26 heavy (non-hydrogen) atoms. The van der Waals surface area contributed by atoms with E-state index in [0.29, 0.717) is 17.9 Å². The number of aryl methyl sites for hydroxylation is 2. The van der Waals surface area contributed by atoms with Gasteiger partial charge in [0.25, 0.3) is 0 Å². The van der Waals surface area contributed by atoms with Crippen LogP contribution in [0, 0.1) is 5.92 Å². The van der Waals surface area contributed by atoms with E-state index in [-0.39, 0.29) is 0 Å². The van der Waals surface area contributed by atoms with Crippen molar-refractivity contribution >= 4 is 11.6 Å². The number of nitrogens with one attached hydrogen (secondary N) is 1. The third-order valence-corrected chi connectivity index (χ3v) is 5.67. The van der Waals surface area contributed by atoms with Crippen molar-refractivity contribution in [3.05, 3.63) is 59.4 Å². The average Bonchev–Trinajstić information content (AvgIpc) is 3.26. The van der Waals surface area contributed by atoms with Crippen LogP contribution in [0.4, 0.5) is 5.69 Å². The second kappa shape index (κ2) is 7.46. The van der Waals surface area contributed by atoms with Gasteiger partial charge < -0.3 is 11.1 Å². The summed E-state index contributed by atoms with van der Waals surface area (Å²) in [6.45, 7) is 1.81. The van der Waals surface area contributed by atoms with Gasteiger partial charge in [0.2, 0.25) is 0 Å². The summed E-state index contributed by atoms with van der Waals surface area (Å²) in [4.78, 5) is 11.3. The SMILES string of the molecule is CN1CC[C@@H](CN=C(N)Nc2ccc3c(c2)CCC3)[C@@H]1c1cccnc1. The molecule has 2 atom stereocenters. The van der Waals surface area contributed by atoms with Crippen LogP contribution in [0.1, 0.15) is 35.6 Å². The molecule has 1 saturated heterocycles. The molecule has 1 aromatic heterocycles. The van der Waals surface area contributed by atoms with Crippen LogP contribution in [0.2, 0.25) is 0 Å². The van der Waals surface area contributed by atoms with Gasteiger partial charge in [0, 0.05) is 30.7 Å². The first kappa shape index (κ1) is 17.0. The highest BCUT2D eigenvalue weighted by Gasteiger charge is 2.32. The van der Waals surface area contributed by atoms with Crippen molar-refractivity contribution in [2.24, 2.45) is 16.6 Å². The zero-order chi connectivity index (χ0) is 17.9. The summed E-state index contributed by atoms with van der Waals surface area (Å²) in [5, 5.41) is 3.26. The minimum atomic E-state index is 0.361. The van der Waals surface area contributed by atoms with Crippen molar-refractivity contribution in [1.29, 1.82) is 0 Å². The van der Waals surface area contributed by atoms with Crippen molar-refractivity contribution in [2.45, 2.75) is 31.7 Å². The minimum absolute atomic E-state index is 0.361. The number of rotatable bonds is 4. The Morgan fingerprint density at radius 2 is 2.19 bits per heavy atom. The summed E-state index contributed by atoms with van der Waals surface area (Å²) in [6, 6.07) is 11.1. The molecule has 0 unspecified atom stereocenters. The van der Waals surface area contributed by atoms with E-state index in [9.17, 15) is 0 Å². The molecule has 0 saturated carbocycles. The van der Waals surface area contributed by atoms with Crippen LogP contribution in [-0.2, 0) is 12.8 Å². The molecule has 2 aliphatic rings. The zero-order valence-corrected chi connectivity index (χ0v) is 15.4. The topological polar surface area (TPSA) is 66.5 Å². The monoisotopic (exact) mass is 349 g/mol. The molecule has 0 radical (unpaired) electrons. The van der Waals surface area contributed by atoms with Crippen molar-refractivity contribution in [3.8, 4) is 0 Å². The summed E-state index contributed by atoms with van der Waals surface area (Å²) in [5.41, 5.74) is 11.4. The molecule has 0 amide bonds. The number of hydrogen-bond donors (Lipinski definition) is 2. The van der Waals surface area contributed by atoms with E-state index >= 15 is 0 Å². The summed E-state index contributed by atoms with van der Waals surface area (Å²) in [5.74, 6) is 0.965. The van der Waals surface area contributed by atoms with Crippen LogP contribution in [0.25, 0.3) is 0 Å². The smallest absolute Gasteiger partial charge is 0.193 e. The lowest BCUT2D eigenvalue weighted by Crippen LogP contribution is -2.26. The van der Waals surface area contributed by atoms with Gasteiger partial charge in [-0.05, 0) is 80.1 Å². The van der Waals surface area contributed by atoms with Crippen LogP contribution < -0.4 is 11.1 Å². The fourth-order valence-corrected chi connectivity index (χ4v) is 4.35. The number of hydrogen-bond acceptors (Lipinski definition) is 3. The first-order valence-electron chi connectivity index (χ1n) is 9.49. The molecule has 1 aromatic carbocycles. The van der Waals surface area contributed by atoms with Gasteiger partial charge in [-0.25, -0.2) is 0 Å². The van der Waals surface area contributed by atoms with Crippen LogP contribution in [0.15, 0.2) is 47.7 Å². The summed E-state index contributed by atoms with van der Waals surface area (Å²) < 4.78 is 0. The van der Waals surface area contributed by atoms with Gasteiger partial charge in [-0.15, -0.1) is 0 Å². The third-order valence-electron chi connectivity index (χ3n) is 5.67. The predicted molar refractivity (Wildman–Crippen MR) is 106 cm³/mol. The molecule has 1 fully saturated rings. The van der Waals surface area contributed by atoms with Crippen LogP contribution in [0.5, 0.6) is 0 Å². The molecule has 4 rings (SSSR count). The maximum atomic E-state index is 6.16. The summed E-state index contributed by atoms with van der Waals surface area (Å²) in [6.07, 6.45) is 8.55. The molecule has 136 valence electrons. The van der Waals surface area contributed by atoms with E-state index in [0.717, 1.165) is 25.2 Å². The Bertz CT molecular complexity index is 786. The largest absolute Gasteiger partial charge is 0.370 e. The van der Waals surface area contributed by atoms with Gasteiger partial charge in [-0.1, -0.05) is 12.1 Å². The van der Waals surface area contributed by atoms with E-state index < -0.39 is 0 Å². The van der Waals surface area contributed by atoms with E-state index in [4.69, 9.17) is 5.73 Å². The average molecular weight is 349 g/mol. The molecule has 3 N–H and O–H groups in total. The van der Waals surface area contributed by atoms with Gasteiger partial charge in [0.15, 0.2) is 5.96 Å². The Kier molecular flexibility index (Phi) is 4.89. The fraction of sp³-hybridized carbons (Fsp3) is 0.429. The number of nitrogens with zero attached hydrogens (tertiary/aromatic N) is 3. The lowest BCUT2D eigenvalue weighted by atomic mass is 9.95. The van der Waals surface area contributed by atoms with Gasteiger partial charge in [-0.3, -0.25) is 14.9 Å². The predicted octanol–water partition coefficient (Wildman–Crippen LogP) is 2.99. The summed E-state index contributed by atoms with van der Waals surface area (Å²) >= 11 is 0. The van der Waals surface area contributed by atoms with E-state index in [1.165, 1.54) is 36.0 Å². The molecular weight excluding hydrogens is 322 g/mol. The fourth-order valence-electron chi connectivity index (χ4n) is 4.35. The minimum Gasteiger partial charge on any atom is -0.370 e. The van der Waals surface area contributed by atoms with E-state index in [2.05, 4.69) is 51.5 Å². The van der Waals surface area contributed by atoms with Gasteiger partial charge in [0.05, 0.1) is 0 Å². The third kappa shape index (κ3) is 3.58. The summed E-state index contributed by atoms with van der Waals surface area (Å²) in [7, 11) is 2.17. The highest BCUT2D eigenvalue weighted by molar-refractivity contribution is 5.92. The number of pyridine rings is 1. The molecule has 5 heteroatoms. The molecule has 0 bridgehead atoms. The second-order valence-corrected chi connectivity index (χ2v) is 7.45. The number of aromatic nitrogens is 1. The molecule has 1 aliphatic heterocycles. The van der Waals surface area contributed by atoms with Gasteiger partial charge >= 0.3 is 0 Å².